The lowest BCUT2D eigenvalue weighted by atomic mass is 9.97. The molecular weight excluding hydrogens is 382 g/mol. The Morgan fingerprint density at radius 1 is 1.17 bits per heavy atom. The fourth-order valence-corrected chi connectivity index (χ4v) is 5.51. The smallest absolute Gasteiger partial charge is 0.193 e. The first kappa shape index (κ1) is 21.1. The molecule has 1 N–H and O–H groups in total. The van der Waals surface area contributed by atoms with Crippen molar-refractivity contribution >= 4 is 17.3 Å². The van der Waals surface area contributed by atoms with Gasteiger partial charge in [0.15, 0.2) is 5.96 Å². The first-order valence-electron chi connectivity index (χ1n) is 11.4. The molecule has 1 unspecified atom stereocenters. The van der Waals surface area contributed by atoms with E-state index < -0.39 is 0 Å². The molecule has 0 saturated carbocycles. The average molecular weight is 420 g/mol. The minimum atomic E-state index is 0.656. The fraction of sp³-hybridized carbons (Fsp3) is 0.773. The summed E-state index contributed by atoms with van der Waals surface area (Å²) in [5.41, 5.74) is 0. The van der Waals surface area contributed by atoms with E-state index in [9.17, 15) is 0 Å². The molecule has 4 rings (SSSR count). The molecule has 1 aromatic rings. The van der Waals surface area contributed by atoms with Gasteiger partial charge in [0.25, 0.3) is 0 Å². The van der Waals surface area contributed by atoms with Crippen LogP contribution in [0, 0.1) is 5.92 Å². The molecule has 1 aromatic heterocycles. The first-order chi connectivity index (χ1) is 14.3. The summed E-state index contributed by atoms with van der Waals surface area (Å²) >= 11 is 1.87. The molecule has 3 fully saturated rings. The number of piperidine rings is 1. The molecule has 3 saturated heterocycles. The summed E-state index contributed by atoms with van der Waals surface area (Å²) in [5.74, 6) is 1.85. The lowest BCUT2D eigenvalue weighted by molar-refractivity contribution is 0.0195. The fourth-order valence-electron chi connectivity index (χ4n) is 4.77. The number of guanidine groups is 1. The first-order valence-corrected chi connectivity index (χ1v) is 12.3. The maximum atomic E-state index is 5.52. The van der Waals surface area contributed by atoms with Crippen molar-refractivity contribution in [3.8, 4) is 0 Å². The van der Waals surface area contributed by atoms with Crippen LogP contribution in [-0.2, 0) is 11.3 Å². The Labute approximate surface area is 179 Å². The van der Waals surface area contributed by atoms with Gasteiger partial charge in [0.2, 0.25) is 0 Å². The number of ether oxygens (including phenoxy) is 1. The van der Waals surface area contributed by atoms with E-state index in [2.05, 4.69) is 44.5 Å². The van der Waals surface area contributed by atoms with Gasteiger partial charge in [0, 0.05) is 56.7 Å². The van der Waals surface area contributed by atoms with E-state index in [1.165, 1.54) is 37.2 Å². The molecule has 0 aromatic carbocycles. The van der Waals surface area contributed by atoms with Gasteiger partial charge in [0.05, 0.1) is 13.2 Å². The second kappa shape index (κ2) is 10.8. The third-order valence-corrected chi connectivity index (χ3v) is 7.39. The summed E-state index contributed by atoms with van der Waals surface area (Å²) in [6.45, 7) is 13.8. The van der Waals surface area contributed by atoms with E-state index in [4.69, 9.17) is 9.73 Å². The number of morpholine rings is 1. The molecule has 0 spiro atoms. The highest BCUT2D eigenvalue weighted by Gasteiger charge is 2.30. The quantitative estimate of drug-likeness (QED) is 0.566. The Hall–Kier alpha value is -1.15. The summed E-state index contributed by atoms with van der Waals surface area (Å²) in [6.07, 6.45) is 3.78. The number of thiophene rings is 1. The summed E-state index contributed by atoms with van der Waals surface area (Å²) in [5, 5.41) is 5.73. The van der Waals surface area contributed by atoms with Crippen LogP contribution in [-0.4, -0.2) is 92.3 Å². The number of rotatable bonds is 6. The number of aliphatic imine (C=N–C) groups is 1. The molecule has 4 heterocycles. The van der Waals surface area contributed by atoms with Crippen LogP contribution in [0.5, 0.6) is 0 Å². The van der Waals surface area contributed by atoms with Crippen molar-refractivity contribution in [3.63, 3.8) is 0 Å². The Kier molecular flexibility index (Phi) is 7.82. The summed E-state index contributed by atoms with van der Waals surface area (Å²) in [7, 11) is 0. The number of hydrogen-bond donors (Lipinski definition) is 1. The molecule has 7 heteroatoms. The van der Waals surface area contributed by atoms with Crippen molar-refractivity contribution in [2.45, 2.75) is 38.8 Å². The van der Waals surface area contributed by atoms with Crippen molar-refractivity contribution < 1.29 is 4.74 Å². The zero-order valence-corrected chi connectivity index (χ0v) is 18.7. The monoisotopic (exact) mass is 419 g/mol. The molecule has 3 aliphatic heterocycles. The molecule has 0 bridgehead atoms. The van der Waals surface area contributed by atoms with Crippen molar-refractivity contribution in [1.82, 2.24) is 20.0 Å². The highest BCUT2D eigenvalue weighted by molar-refractivity contribution is 7.09. The SMILES string of the molecule is CCNC(=NCC1CCN(Cc2cccs2)CC1)N1CCC(N2CCOCC2)C1. The second-order valence-electron chi connectivity index (χ2n) is 8.53. The molecule has 0 radical (unpaired) electrons. The second-order valence-corrected chi connectivity index (χ2v) is 9.56. The van der Waals surface area contributed by atoms with E-state index in [0.29, 0.717) is 6.04 Å². The maximum Gasteiger partial charge on any atom is 0.193 e. The Bertz CT molecular complexity index is 623. The number of nitrogens with zero attached hydrogens (tertiary/aromatic N) is 4. The highest BCUT2D eigenvalue weighted by Crippen LogP contribution is 2.22. The maximum absolute atomic E-state index is 5.52. The van der Waals surface area contributed by atoms with Crippen LogP contribution in [0.4, 0.5) is 0 Å². The Balaban J connectivity index is 1.24. The molecule has 29 heavy (non-hydrogen) atoms. The Morgan fingerprint density at radius 2 is 2.00 bits per heavy atom. The largest absolute Gasteiger partial charge is 0.379 e. The molecule has 3 aliphatic rings. The number of likely N-dealkylation sites (tertiary alicyclic amines) is 2. The topological polar surface area (TPSA) is 43.3 Å². The van der Waals surface area contributed by atoms with Crippen molar-refractivity contribution in [1.29, 1.82) is 0 Å². The highest BCUT2D eigenvalue weighted by atomic mass is 32.1. The van der Waals surface area contributed by atoms with Gasteiger partial charge >= 0.3 is 0 Å². The number of nitrogens with one attached hydrogen (secondary N) is 1. The van der Waals surface area contributed by atoms with Gasteiger partial charge in [0.1, 0.15) is 0 Å². The summed E-state index contributed by atoms with van der Waals surface area (Å²) in [4.78, 5) is 14.2. The predicted molar refractivity (Wildman–Crippen MR) is 121 cm³/mol. The standard InChI is InChI=1S/C22H37N5OS/c1-2-23-22(27-10-7-20(17-27)26-11-13-28-14-12-26)24-16-19-5-8-25(9-6-19)18-21-4-3-15-29-21/h3-4,15,19-20H,2,5-14,16-18H2,1H3,(H,23,24). The summed E-state index contributed by atoms with van der Waals surface area (Å²) < 4.78 is 5.52. The van der Waals surface area contributed by atoms with Gasteiger partial charge in [-0.1, -0.05) is 6.07 Å². The van der Waals surface area contributed by atoms with E-state index in [0.717, 1.165) is 70.9 Å². The van der Waals surface area contributed by atoms with E-state index in [1.807, 2.05) is 11.3 Å². The van der Waals surface area contributed by atoms with Crippen LogP contribution in [0.3, 0.4) is 0 Å². The van der Waals surface area contributed by atoms with Gasteiger partial charge in [-0.2, -0.15) is 0 Å². The van der Waals surface area contributed by atoms with Gasteiger partial charge in [-0.15, -0.1) is 11.3 Å². The zero-order chi connectivity index (χ0) is 19.9. The lowest BCUT2D eigenvalue weighted by Crippen LogP contribution is -2.46. The lowest BCUT2D eigenvalue weighted by Gasteiger charge is -2.32. The van der Waals surface area contributed by atoms with E-state index in [1.54, 1.807) is 0 Å². The predicted octanol–water partition coefficient (Wildman–Crippen LogP) is 2.33. The van der Waals surface area contributed by atoms with E-state index in [-0.39, 0.29) is 0 Å². The van der Waals surface area contributed by atoms with Gasteiger partial charge in [-0.3, -0.25) is 14.8 Å². The number of hydrogen-bond acceptors (Lipinski definition) is 5. The van der Waals surface area contributed by atoms with Crippen molar-refractivity contribution in [2.75, 3.05) is 65.6 Å². The van der Waals surface area contributed by atoms with Crippen LogP contribution in [0.2, 0.25) is 0 Å². The summed E-state index contributed by atoms with van der Waals surface area (Å²) in [6, 6.07) is 5.07. The zero-order valence-electron chi connectivity index (χ0n) is 17.9. The molecule has 1 atom stereocenters. The van der Waals surface area contributed by atoms with Crippen LogP contribution in [0.15, 0.2) is 22.5 Å². The van der Waals surface area contributed by atoms with E-state index >= 15 is 0 Å². The molecule has 0 amide bonds. The molecule has 0 aliphatic carbocycles. The molecular formula is C22H37N5OS. The third-order valence-electron chi connectivity index (χ3n) is 6.53. The van der Waals surface area contributed by atoms with Gasteiger partial charge in [-0.05, 0) is 56.6 Å². The molecule has 6 nitrogen and oxygen atoms in total. The minimum absolute atomic E-state index is 0.656. The minimum Gasteiger partial charge on any atom is -0.379 e. The van der Waals surface area contributed by atoms with Crippen LogP contribution >= 0.6 is 11.3 Å². The van der Waals surface area contributed by atoms with Crippen molar-refractivity contribution in [2.24, 2.45) is 10.9 Å². The van der Waals surface area contributed by atoms with Gasteiger partial charge in [-0.25, -0.2) is 0 Å². The third kappa shape index (κ3) is 5.94. The molecule has 162 valence electrons. The normalized spacial score (nSPS) is 25.6. The average Bonchev–Trinajstić information content (AvgIpc) is 3.45. The van der Waals surface area contributed by atoms with Crippen LogP contribution in [0.25, 0.3) is 0 Å². The van der Waals surface area contributed by atoms with Crippen LogP contribution in [0.1, 0.15) is 31.1 Å². The van der Waals surface area contributed by atoms with Crippen molar-refractivity contribution in [3.05, 3.63) is 22.4 Å². The Morgan fingerprint density at radius 3 is 2.72 bits per heavy atom. The van der Waals surface area contributed by atoms with Gasteiger partial charge < -0.3 is 15.0 Å². The van der Waals surface area contributed by atoms with Crippen LogP contribution < -0.4 is 5.32 Å².